The van der Waals surface area contributed by atoms with Gasteiger partial charge >= 0.3 is 0 Å². The predicted octanol–water partition coefficient (Wildman–Crippen LogP) is 5.22. The molecule has 0 aromatic heterocycles. The Labute approximate surface area is 162 Å². The van der Waals surface area contributed by atoms with Gasteiger partial charge in [0.15, 0.2) is 0 Å². The summed E-state index contributed by atoms with van der Waals surface area (Å²) < 4.78 is 0. The first-order valence-electron chi connectivity index (χ1n) is 8.75. The molecule has 0 unspecified atom stereocenters. The molecule has 0 heterocycles. The third-order valence-corrected chi connectivity index (χ3v) is 4.39. The second-order valence-corrected chi connectivity index (χ2v) is 6.42. The molecule has 0 atom stereocenters. The van der Waals surface area contributed by atoms with E-state index in [1.165, 1.54) is 12.1 Å². The summed E-state index contributed by atoms with van der Waals surface area (Å²) in [5.41, 5.74) is 4.96. The Morgan fingerprint density at radius 2 is 1.79 bits per heavy atom. The van der Waals surface area contributed by atoms with Gasteiger partial charge < -0.3 is 9.94 Å². The average molecular weight is 376 g/mol. The van der Waals surface area contributed by atoms with Crippen LogP contribution < -0.4 is 0 Å². The van der Waals surface area contributed by atoms with Crippen molar-refractivity contribution in [3.05, 3.63) is 93.5 Å². The number of aryl methyl sites for hydroxylation is 1. The molecule has 0 spiro atoms. The van der Waals surface area contributed by atoms with Crippen LogP contribution in [0.5, 0.6) is 5.75 Å². The van der Waals surface area contributed by atoms with Crippen LogP contribution in [0.15, 0.2) is 71.9 Å². The topological polar surface area (TPSA) is 85.0 Å². The summed E-state index contributed by atoms with van der Waals surface area (Å²) >= 11 is 0. The van der Waals surface area contributed by atoms with Crippen LogP contribution in [0.1, 0.15) is 23.6 Å². The number of benzene rings is 3. The molecule has 0 bridgehead atoms. The van der Waals surface area contributed by atoms with Crippen LogP contribution in [0.4, 0.5) is 5.69 Å². The van der Waals surface area contributed by atoms with E-state index in [-0.39, 0.29) is 18.0 Å². The maximum Gasteiger partial charge on any atom is 0.269 e. The highest BCUT2D eigenvalue weighted by Gasteiger charge is 2.12. The second-order valence-electron chi connectivity index (χ2n) is 6.42. The van der Waals surface area contributed by atoms with Crippen molar-refractivity contribution in [3.8, 4) is 16.9 Å². The Morgan fingerprint density at radius 3 is 2.43 bits per heavy atom. The minimum atomic E-state index is -0.443. The van der Waals surface area contributed by atoms with E-state index >= 15 is 0 Å². The molecule has 6 nitrogen and oxygen atoms in total. The van der Waals surface area contributed by atoms with Gasteiger partial charge in [0.05, 0.1) is 10.6 Å². The Bertz CT molecular complexity index is 1010. The molecule has 0 aliphatic rings. The zero-order chi connectivity index (χ0) is 20.1. The van der Waals surface area contributed by atoms with Crippen molar-refractivity contribution in [2.24, 2.45) is 5.16 Å². The number of phenols is 1. The molecule has 0 saturated carbocycles. The third kappa shape index (κ3) is 4.35. The van der Waals surface area contributed by atoms with Crippen molar-refractivity contribution < 1.29 is 14.9 Å². The molecule has 0 aliphatic heterocycles. The largest absolute Gasteiger partial charge is 0.508 e. The molecule has 1 N–H and O–H groups in total. The monoisotopic (exact) mass is 376 g/mol. The van der Waals surface area contributed by atoms with E-state index in [2.05, 4.69) is 5.16 Å². The molecule has 3 aromatic rings. The first kappa shape index (κ1) is 19.1. The molecule has 6 heteroatoms. The fourth-order valence-electron chi connectivity index (χ4n) is 2.82. The van der Waals surface area contributed by atoms with Gasteiger partial charge in [0.1, 0.15) is 12.4 Å². The van der Waals surface area contributed by atoms with E-state index < -0.39 is 4.92 Å². The number of non-ortho nitro benzene ring substituents is 1. The highest BCUT2D eigenvalue weighted by molar-refractivity contribution is 6.04. The number of rotatable bonds is 6. The van der Waals surface area contributed by atoms with Gasteiger partial charge in [-0.05, 0) is 60.4 Å². The predicted molar refractivity (Wildman–Crippen MR) is 108 cm³/mol. The zero-order valence-corrected chi connectivity index (χ0v) is 15.6. The van der Waals surface area contributed by atoms with E-state index in [1.54, 1.807) is 18.2 Å². The second kappa shape index (κ2) is 8.35. The van der Waals surface area contributed by atoms with Gasteiger partial charge in [-0.3, -0.25) is 10.1 Å². The van der Waals surface area contributed by atoms with Crippen LogP contribution in [0.2, 0.25) is 0 Å². The number of oxime groups is 1. The number of nitro groups is 1. The molecule has 0 saturated heterocycles. The van der Waals surface area contributed by atoms with Crippen LogP contribution in [-0.4, -0.2) is 15.7 Å². The smallest absolute Gasteiger partial charge is 0.269 e. The third-order valence-electron chi connectivity index (χ3n) is 4.39. The number of nitro benzene ring substituents is 1. The number of hydrogen-bond acceptors (Lipinski definition) is 5. The van der Waals surface area contributed by atoms with Crippen LogP contribution in [0, 0.1) is 17.0 Å². The lowest BCUT2D eigenvalue weighted by Crippen LogP contribution is -2.01. The van der Waals surface area contributed by atoms with Gasteiger partial charge in [-0.2, -0.15) is 0 Å². The first-order chi connectivity index (χ1) is 13.5. The van der Waals surface area contributed by atoms with E-state index in [9.17, 15) is 15.2 Å². The Balaban J connectivity index is 1.82. The van der Waals surface area contributed by atoms with E-state index in [4.69, 9.17) is 4.84 Å². The highest BCUT2D eigenvalue weighted by Crippen LogP contribution is 2.30. The first-order valence-corrected chi connectivity index (χ1v) is 8.75. The lowest BCUT2D eigenvalue weighted by atomic mass is 9.95. The maximum atomic E-state index is 10.7. The molecule has 3 rings (SSSR count). The summed E-state index contributed by atoms with van der Waals surface area (Å²) in [5.74, 6) is 0.194. The van der Waals surface area contributed by atoms with Gasteiger partial charge in [0, 0.05) is 17.7 Å². The van der Waals surface area contributed by atoms with Crippen molar-refractivity contribution in [2.45, 2.75) is 20.5 Å². The lowest BCUT2D eigenvalue weighted by Gasteiger charge is -2.12. The van der Waals surface area contributed by atoms with Gasteiger partial charge in [-0.15, -0.1) is 0 Å². The summed E-state index contributed by atoms with van der Waals surface area (Å²) in [4.78, 5) is 15.7. The van der Waals surface area contributed by atoms with Gasteiger partial charge in [0.25, 0.3) is 5.69 Å². The van der Waals surface area contributed by atoms with Gasteiger partial charge in [0.2, 0.25) is 0 Å². The minimum absolute atomic E-state index is 0.0334. The number of nitrogens with zero attached hydrogens (tertiary/aromatic N) is 2. The molecule has 0 aliphatic carbocycles. The summed E-state index contributed by atoms with van der Waals surface area (Å²) in [5, 5.41) is 25.0. The van der Waals surface area contributed by atoms with E-state index in [1.807, 2.05) is 50.2 Å². The fourth-order valence-corrected chi connectivity index (χ4v) is 2.82. The van der Waals surface area contributed by atoms with Crippen molar-refractivity contribution in [1.82, 2.24) is 0 Å². The molecule has 142 valence electrons. The summed E-state index contributed by atoms with van der Waals surface area (Å²) in [6, 6.07) is 19.6. The SMILES string of the molecule is C/C(=N\OCc1ccc([N+](=O)[O-])cc1)c1cc(O)c(C)cc1-c1ccccc1. The number of phenolic OH excluding ortho intramolecular Hbond substituents is 1. The zero-order valence-electron chi connectivity index (χ0n) is 15.6. The molecule has 3 aromatic carbocycles. The van der Waals surface area contributed by atoms with Crippen molar-refractivity contribution in [1.29, 1.82) is 0 Å². The molecule has 0 fully saturated rings. The lowest BCUT2D eigenvalue weighted by molar-refractivity contribution is -0.384. The number of aromatic hydroxyl groups is 1. The standard InChI is InChI=1S/C22H20N2O4/c1-15-12-21(18-6-4-3-5-7-18)20(13-22(15)25)16(2)23-28-14-17-8-10-19(11-9-17)24(26)27/h3-13,25H,14H2,1-2H3/b23-16+. The minimum Gasteiger partial charge on any atom is -0.508 e. The highest BCUT2D eigenvalue weighted by atomic mass is 16.6. The molecular weight excluding hydrogens is 356 g/mol. The van der Waals surface area contributed by atoms with Crippen LogP contribution in [0.25, 0.3) is 11.1 Å². The van der Waals surface area contributed by atoms with Crippen molar-refractivity contribution >= 4 is 11.4 Å². The van der Waals surface area contributed by atoms with E-state index in [0.29, 0.717) is 5.71 Å². The van der Waals surface area contributed by atoms with Crippen LogP contribution in [-0.2, 0) is 11.4 Å². The van der Waals surface area contributed by atoms with E-state index in [0.717, 1.165) is 27.8 Å². The Hall–Kier alpha value is -3.67. The number of hydrogen-bond donors (Lipinski definition) is 1. The van der Waals surface area contributed by atoms with Gasteiger partial charge in [-0.1, -0.05) is 35.5 Å². The van der Waals surface area contributed by atoms with Crippen molar-refractivity contribution in [2.75, 3.05) is 0 Å². The average Bonchev–Trinajstić information content (AvgIpc) is 2.70. The summed E-state index contributed by atoms with van der Waals surface area (Å²) in [7, 11) is 0. The maximum absolute atomic E-state index is 10.7. The van der Waals surface area contributed by atoms with Crippen molar-refractivity contribution in [3.63, 3.8) is 0 Å². The fraction of sp³-hybridized carbons (Fsp3) is 0.136. The Morgan fingerprint density at radius 1 is 1.11 bits per heavy atom. The molecule has 28 heavy (non-hydrogen) atoms. The Kier molecular flexibility index (Phi) is 5.69. The quantitative estimate of drug-likeness (QED) is 0.363. The van der Waals surface area contributed by atoms with Gasteiger partial charge in [-0.25, -0.2) is 0 Å². The van der Waals surface area contributed by atoms with Crippen LogP contribution in [0.3, 0.4) is 0 Å². The molecule has 0 radical (unpaired) electrons. The summed E-state index contributed by atoms with van der Waals surface area (Å²) in [6.07, 6.45) is 0. The normalized spacial score (nSPS) is 11.3. The summed E-state index contributed by atoms with van der Waals surface area (Å²) in [6.45, 7) is 3.85. The molecular formula is C22H20N2O4. The van der Waals surface area contributed by atoms with Crippen LogP contribution >= 0.6 is 0 Å². The molecule has 0 amide bonds.